The summed E-state index contributed by atoms with van der Waals surface area (Å²) in [5, 5.41) is 23.4. The van der Waals surface area contributed by atoms with E-state index in [2.05, 4.69) is 9.80 Å². The van der Waals surface area contributed by atoms with Gasteiger partial charge in [0.25, 0.3) is 11.4 Å². The van der Waals surface area contributed by atoms with Crippen LogP contribution in [0.1, 0.15) is 27.0 Å². The fourth-order valence-electron chi connectivity index (χ4n) is 6.47. The van der Waals surface area contributed by atoms with Crippen LogP contribution >= 0.6 is 23.2 Å². The first-order valence-corrected chi connectivity index (χ1v) is 17.7. The van der Waals surface area contributed by atoms with Crippen LogP contribution in [0.3, 0.4) is 0 Å². The van der Waals surface area contributed by atoms with Crippen LogP contribution in [0.25, 0.3) is 44.5 Å². The zero-order chi connectivity index (χ0) is 38.7. The molecule has 0 bridgehead atoms. The molecule has 0 atom stereocenters. The van der Waals surface area contributed by atoms with Gasteiger partial charge in [0.15, 0.2) is 5.78 Å². The molecule has 272 valence electrons. The number of halogens is 2. The van der Waals surface area contributed by atoms with E-state index in [1.165, 1.54) is 24.3 Å². The minimum atomic E-state index is -0.503. The van der Waals surface area contributed by atoms with Crippen LogP contribution in [-0.2, 0) is 13.1 Å². The molecule has 0 saturated carbocycles. The van der Waals surface area contributed by atoms with Gasteiger partial charge in [-0.3, -0.25) is 25.0 Å². The van der Waals surface area contributed by atoms with Gasteiger partial charge < -0.3 is 9.80 Å². The van der Waals surface area contributed by atoms with Crippen molar-refractivity contribution in [2.75, 3.05) is 28.2 Å². The molecule has 6 rings (SSSR count). The van der Waals surface area contributed by atoms with Crippen LogP contribution in [0.5, 0.6) is 0 Å². The normalized spacial score (nSPS) is 11.3. The Labute approximate surface area is 323 Å². The predicted octanol–water partition coefficient (Wildman–Crippen LogP) is 10.8. The molecule has 9 nitrogen and oxygen atoms in total. The molecule has 0 amide bonds. The lowest BCUT2D eigenvalue weighted by molar-refractivity contribution is -0.385. The van der Waals surface area contributed by atoms with E-state index in [0.717, 1.165) is 46.5 Å². The van der Waals surface area contributed by atoms with Gasteiger partial charge in [-0.25, -0.2) is 0 Å². The maximum atomic E-state index is 14.4. The van der Waals surface area contributed by atoms with Gasteiger partial charge in [0, 0.05) is 59.6 Å². The lowest BCUT2D eigenvalue weighted by Crippen LogP contribution is -2.10. The number of hydrogen-bond donors (Lipinski definition) is 0. The highest BCUT2D eigenvalue weighted by atomic mass is 35.5. The fraction of sp³-hybridized carbons (Fsp3) is 0.140. The van der Waals surface area contributed by atoms with Crippen molar-refractivity contribution >= 4 is 40.4 Å². The van der Waals surface area contributed by atoms with Gasteiger partial charge in [-0.2, -0.15) is 0 Å². The number of non-ortho nitro benzene ring substituents is 2. The van der Waals surface area contributed by atoms with E-state index < -0.39 is 9.85 Å². The number of nitrogens with zero attached hydrogens (tertiary/aromatic N) is 4. The number of nitro groups is 2. The van der Waals surface area contributed by atoms with Crippen LogP contribution < -0.4 is 0 Å². The molecule has 0 spiro atoms. The van der Waals surface area contributed by atoms with E-state index >= 15 is 0 Å². The van der Waals surface area contributed by atoms with Crippen molar-refractivity contribution in [2.24, 2.45) is 0 Å². The monoisotopic (exact) mass is 758 g/mol. The van der Waals surface area contributed by atoms with Gasteiger partial charge in [-0.1, -0.05) is 96.0 Å². The zero-order valence-corrected chi connectivity index (χ0v) is 31.6. The van der Waals surface area contributed by atoms with E-state index in [9.17, 15) is 25.0 Å². The Morgan fingerprint density at radius 3 is 1.17 bits per heavy atom. The molecule has 0 aliphatic carbocycles. The number of carbonyl (C=O) groups excluding carboxylic acids is 1. The first kappa shape index (κ1) is 38.0. The highest BCUT2D eigenvalue weighted by Gasteiger charge is 2.21. The molecule has 0 aliphatic heterocycles. The van der Waals surface area contributed by atoms with Gasteiger partial charge in [-0.15, -0.1) is 0 Å². The van der Waals surface area contributed by atoms with Crippen molar-refractivity contribution in [3.8, 4) is 44.5 Å². The Kier molecular flexibility index (Phi) is 11.4. The van der Waals surface area contributed by atoms with Crippen molar-refractivity contribution in [3.05, 3.63) is 174 Å². The number of hydrogen-bond acceptors (Lipinski definition) is 7. The highest BCUT2D eigenvalue weighted by Crippen LogP contribution is 2.41. The molecular weight excluding hydrogens is 723 g/mol. The summed E-state index contributed by atoms with van der Waals surface area (Å²) in [5.41, 5.74) is 8.41. The van der Waals surface area contributed by atoms with Gasteiger partial charge in [0.05, 0.1) is 19.9 Å². The van der Waals surface area contributed by atoms with Gasteiger partial charge in [0.2, 0.25) is 0 Å². The number of nitro benzene ring substituents is 2. The average Bonchev–Trinajstić information content (AvgIpc) is 3.14. The zero-order valence-electron chi connectivity index (χ0n) is 30.0. The van der Waals surface area contributed by atoms with Crippen molar-refractivity contribution < 1.29 is 14.6 Å². The lowest BCUT2D eigenvalue weighted by Gasteiger charge is -2.16. The lowest BCUT2D eigenvalue weighted by atomic mass is 9.88. The van der Waals surface area contributed by atoms with E-state index in [0.29, 0.717) is 33.4 Å². The Balaban J connectivity index is 1.47. The van der Waals surface area contributed by atoms with Crippen LogP contribution in [-0.4, -0.2) is 53.6 Å². The minimum absolute atomic E-state index is 0.143. The highest BCUT2D eigenvalue weighted by molar-refractivity contribution is 6.34. The Morgan fingerprint density at radius 1 is 0.500 bits per heavy atom. The summed E-state index contributed by atoms with van der Waals surface area (Å²) < 4.78 is 0. The molecule has 54 heavy (non-hydrogen) atoms. The summed E-state index contributed by atoms with van der Waals surface area (Å²) in [4.78, 5) is 40.6. The molecule has 0 unspecified atom stereocenters. The summed E-state index contributed by atoms with van der Waals surface area (Å²) in [6.07, 6.45) is 0. The first-order valence-electron chi connectivity index (χ1n) is 17.0. The summed E-state index contributed by atoms with van der Waals surface area (Å²) in [6.45, 7) is 1.53. The number of benzene rings is 6. The molecule has 0 heterocycles. The first-order chi connectivity index (χ1) is 25.8. The minimum Gasteiger partial charge on any atom is -0.305 e. The Bertz CT molecular complexity index is 2230. The molecule has 0 aromatic heterocycles. The van der Waals surface area contributed by atoms with Gasteiger partial charge in [-0.05, 0) is 97.0 Å². The Hall–Kier alpha value is -5.71. The van der Waals surface area contributed by atoms with E-state index in [-0.39, 0.29) is 27.2 Å². The number of ketones is 1. The molecular formula is C43H36Cl2N4O5. The van der Waals surface area contributed by atoms with Gasteiger partial charge >= 0.3 is 0 Å². The topological polar surface area (TPSA) is 110 Å². The third kappa shape index (κ3) is 8.40. The quantitative estimate of drug-likeness (QED) is 0.0694. The number of carbonyl (C=O) groups is 1. The molecule has 0 fully saturated rings. The smallest absolute Gasteiger partial charge is 0.270 e. The third-order valence-electron chi connectivity index (χ3n) is 9.00. The van der Waals surface area contributed by atoms with Gasteiger partial charge in [0.1, 0.15) is 0 Å². The summed E-state index contributed by atoms with van der Waals surface area (Å²) >= 11 is 13.4. The maximum Gasteiger partial charge on any atom is 0.270 e. The molecule has 0 radical (unpaired) electrons. The third-order valence-corrected chi connectivity index (χ3v) is 9.62. The average molecular weight is 760 g/mol. The van der Waals surface area contributed by atoms with Crippen molar-refractivity contribution in [3.63, 3.8) is 0 Å². The summed E-state index contributed by atoms with van der Waals surface area (Å²) in [7, 11) is 8.00. The standard InChI is InChI=1S/C43H36Cl2N4O5/c1-46(2)25-27-5-9-29(10-6-27)35-17-13-31(21-39(35)37-19-15-33(48(51)52)23-41(37)44)43(50)32-14-18-36(30-11-7-28(8-12-30)26-47(3)4)40(22-32)38-20-16-34(49(53)54)24-42(38)45/h5-24H,25-26H2,1-4H3. The summed E-state index contributed by atoms with van der Waals surface area (Å²) in [5.74, 6) is -0.283. The maximum absolute atomic E-state index is 14.4. The van der Waals surface area contributed by atoms with Crippen LogP contribution in [0.4, 0.5) is 11.4 Å². The van der Waals surface area contributed by atoms with Crippen LogP contribution in [0.2, 0.25) is 10.0 Å². The second-order valence-corrected chi connectivity index (χ2v) is 14.4. The van der Waals surface area contributed by atoms with Crippen molar-refractivity contribution in [1.82, 2.24) is 9.80 Å². The Morgan fingerprint density at radius 2 is 0.852 bits per heavy atom. The van der Waals surface area contributed by atoms with E-state index in [1.807, 2.05) is 88.9 Å². The van der Waals surface area contributed by atoms with Crippen LogP contribution in [0, 0.1) is 20.2 Å². The van der Waals surface area contributed by atoms with E-state index in [1.54, 1.807) is 36.4 Å². The summed E-state index contributed by atoms with van der Waals surface area (Å²) in [6, 6.07) is 35.5. The molecule has 6 aromatic rings. The second-order valence-electron chi connectivity index (χ2n) is 13.6. The number of rotatable bonds is 12. The molecule has 0 aliphatic rings. The predicted molar refractivity (Wildman–Crippen MR) is 216 cm³/mol. The van der Waals surface area contributed by atoms with Crippen molar-refractivity contribution in [2.45, 2.75) is 13.1 Å². The largest absolute Gasteiger partial charge is 0.305 e. The molecule has 0 N–H and O–H groups in total. The molecule has 6 aromatic carbocycles. The van der Waals surface area contributed by atoms with Crippen molar-refractivity contribution in [1.29, 1.82) is 0 Å². The molecule has 0 saturated heterocycles. The SMILES string of the molecule is CN(C)Cc1ccc(-c2ccc(C(=O)c3ccc(-c4ccc(CN(C)C)cc4)c(-c4ccc([N+](=O)[O-])cc4Cl)c3)cc2-c2ccc([N+](=O)[O-])cc2Cl)cc1. The fourth-order valence-corrected chi connectivity index (χ4v) is 7.02. The molecule has 11 heteroatoms. The van der Waals surface area contributed by atoms with E-state index in [4.69, 9.17) is 23.2 Å². The second kappa shape index (κ2) is 16.1. The van der Waals surface area contributed by atoms with Crippen LogP contribution in [0.15, 0.2) is 121 Å².